The van der Waals surface area contributed by atoms with Crippen molar-refractivity contribution in [2.24, 2.45) is 0 Å². The van der Waals surface area contributed by atoms with Crippen LogP contribution in [0.4, 0.5) is 10.5 Å². The highest BCUT2D eigenvalue weighted by atomic mass is 16.6. The van der Waals surface area contributed by atoms with Crippen LogP contribution in [0, 0.1) is 10.1 Å². The van der Waals surface area contributed by atoms with Gasteiger partial charge in [0.05, 0.1) is 11.5 Å². The minimum atomic E-state index is -1.13. The SMILES string of the molecule is CC(C)c1ccc(C2(C)NC(=O)N(Cc3ccc([N+](=O)[O-])cc3)C2=O)cc1. The van der Waals surface area contributed by atoms with E-state index in [2.05, 4.69) is 19.2 Å². The molecule has 1 aliphatic heterocycles. The fourth-order valence-electron chi connectivity index (χ4n) is 3.14. The Morgan fingerprint density at radius 2 is 1.67 bits per heavy atom. The first kappa shape index (κ1) is 18.6. The average Bonchev–Trinajstić information content (AvgIpc) is 2.86. The molecule has 2 aromatic carbocycles. The van der Waals surface area contributed by atoms with Gasteiger partial charge in [0.15, 0.2) is 0 Å². The third-order valence-corrected chi connectivity index (χ3v) is 4.92. The molecule has 7 heteroatoms. The molecule has 0 spiro atoms. The van der Waals surface area contributed by atoms with Crippen molar-refractivity contribution in [3.8, 4) is 0 Å². The smallest absolute Gasteiger partial charge is 0.319 e. The van der Waals surface area contributed by atoms with Gasteiger partial charge in [-0.05, 0) is 29.5 Å². The molecule has 2 aromatic rings. The molecule has 1 saturated heterocycles. The molecule has 7 nitrogen and oxygen atoms in total. The van der Waals surface area contributed by atoms with E-state index >= 15 is 0 Å². The third-order valence-electron chi connectivity index (χ3n) is 4.92. The van der Waals surface area contributed by atoms with Crippen molar-refractivity contribution >= 4 is 17.6 Å². The van der Waals surface area contributed by atoms with Gasteiger partial charge in [-0.25, -0.2) is 4.79 Å². The topological polar surface area (TPSA) is 92.6 Å². The number of benzene rings is 2. The van der Waals surface area contributed by atoms with E-state index < -0.39 is 16.5 Å². The monoisotopic (exact) mass is 367 g/mol. The zero-order valence-electron chi connectivity index (χ0n) is 15.4. The van der Waals surface area contributed by atoms with Crippen molar-refractivity contribution < 1.29 is 14.5 Å². The molecule has 1 fully saturated rings. The summed E-state index contributed by atoms with van der Waals surface area (Å²) in [6, 6.07) is 13.0. The molecule has 3 amide bonds. The highest BCUT2D eigenvalue weighted by molar-refractivity contribution is 6.07. The number of carbonyl (C=O) groups is 2. The zero-order valence-corrected chi connectivity index (χ0v) is 15.4. The molecule has 0 aliphatic carbocycles. The Balaban J connectivity index is 1.82. The Morgan fingerprint density at radius 1 is 1.07 bits per heavy atom. The predicted octanol–water partition coefficient (Wildman–Crippen LogP) is 3.69. The van der Waals surface area contributed by atoms with Gasteiger partial charge in [-0.3, -0.25) is 19.8 Å². The van der Waals surface area contributed by atoms with Crippen LogP contribution < -0.4 is 5.32 Å². The predicted molar refractivity (Wildman–Crippen MR) is 100 cm³/mol. The fraction of sp³-hybridized carbons (Fsp3) is 0.300. The second-order valence-corrected chi connectivity index (χ2v) is 7.15. The molecule has 27 heavy (non-hydrogen) atoms. The normalized spacial score (nSPS) is 19.5. The highest BCUT2D eigenvalue weighted by Crippen LogP contribution is 2.31. The first-order valence-corrected chi connectivity index (χ1v) is 8.70. The number of non-ortho nitro benzene ring substituents is 1. The number of nitrogens with zero attached hydrogens (tertiary/aromatic N) is 2. The lowest BCUT2D eigenvalue weighted by Gasteiger charge is -2.23. The van der Waals surface area contributed by atoms with Gasteiger partial charge in [0.25, 0.3) is 11.6 Å². The number of hydrogen-bond acceptors (Lipinski definition) is 4. The molecule has 0 bridgehead atoms. The number of amides is 3. The molecule has 140 valence electrons. The molecule has 0 saturated carbocycles. The number of urea groups is 1. The number of carbonyl (C=O) groups excluding carboxylic acids is 2. The second kappa shape index (κ2) is 6.83. The molecular weight excluding hydrogens is 346 g/mol. The van der Waals surface area contributed by atoms with Crippen molar-refractivity contribution in [1.82, 2.24) is 10.2 Å². The number of imide groups is 1. The summed E-state index contributed by atoms with van der Waals surface area (Å²) >= 11 is 0. The average molecular weight is 367 g/mol. The van der Waals surface area contributed by atoms with E-state index in [0.717, 1.165) is 16.0 Å². The zero-order chi connectivity index (χ0) is 19.8. The maximum Gasteiger partial charge on any atom is 0.325 e. The Bertz CT molecular complexity index is 890. The van der Waals surface area contributed by atoms with Crippen LogP contribution in [0.2, 0.25) is 0 Å². The summed E-state index contributed by atoms with van der Waals surface area (Å²) in [7, 11) is 0. The Labute approximate surface area is 157 Å². The van der Waals surface area contributed by atoms with Gasteiger partial charge in [-0.15, -0.1) is 0 Å². The van der Waals surface area contributed by atoms with Gasteiger partial charge in [0.1, 0.15) is 5.54 Å². The number of nitrogens with one attached hydrogen (secondary N) is 1. The van der Waals surface area contributed by atoms with Gasteiger partial charge in [-0.1, -0.05) is 50.2 Å². The van der Waals surface area contributed by atoms with Crippen LogP contribution in [0.5, 0.6) is 0 Å². The molecule has 0 aromatic heterocycles. The molecule has 1 unspecified atom stereocenters. The lowest BCUT2D eigenvalue weighted by Crippen LogP contribution is -2.40. The van der Waals surface area contributed by atoms with E-state index in [1.807, 2.05) is 24.3 Å². The van der Waals surface area contributed by atoms with Crippen LogP contribution in [0.3, 0.4) is 0 Å². The van der Waals surface area contributed by atoms with Gasteiger partial charge < -0.3 is 5.32 Å². The lowest BCUT2D eigenvalue weighted by molar-refractivity contribution is -0.384. The van der Waals surface area contributed by atoms with Crippen molar-refractivity contribution in [3.63, 3.8) is 0 Å². The molecule has 1 heterocycles. The standard InChI is InChI=1S/C20H21N3O4/c1-13(2)15-6-8-16(9-7-15)20(3)18(24)22(19(25)21-20)12-14-4-10-17(11-5-14)23(26)27/h4-11,13H,12H2,1-3H3,(H,21,25). The van der Waals surface area contributed by atoms with E-state index in [1.165, 1.54) is 12.1 Å². The Kier molecular flexibility index (Phi) is 4.70. The largest absolute Gasteiger partial charge is 0.325 e. The minimum absolute atomic E-state index is 0.0361. The van der Waals surface area contributed by atoms with E-state index in [0.29, 0.717) is 11.5 Å². The van der Waals surface area contributed by atoms with E-state index in [4.69, 9.17) is 0 Å². The molecular formula is C20H21N3O4. The number of nitro groups is 1. The molecule has 3 rings (SSSR count). The molecule has 1 atom stereocenters. The quantitative estimate of drug-likeness (QED) is 0.495. The third kappa shape index (κ3) is 3.40. The summed E-state index contributed by atoms with van der Waals surface area (Å²) in [5, 5.41) is 13.5. The van der Waals surface area contributed by atoms with Crippen LogP contribution in [0.15, 0.2) is 48.5 Å². The van der Waals surface area contributed by atoms with E-state index in [9.17, 15) is 19.7 Å². The van der Waals surface area contributed by atoms with Crippen LogP contribution in [0.25, 0.3) is 0 Å². The second-order valence-electron chi connectivity index (χ2n) is 7.15. The summed E-state index contributed by atoms with van der Waals surface area (Å²) in [5.74, 6) is 0.0301. The van der Waals surface area contributed by atoms with Gasteiger partial charge in [0.2, 0.25) is 0 Å². The van der Waals surface area contributed by atoms with Crippen LogP contribution in [0.1, 0.15) is 43.4 Å². The molecule has 1 aliphatic rings. The van der Waals surface area contributed by atoms with E-state index in [-0.39, 0.29) is 18.1 Å². The first-order chi connectivity index (χ1) is 12.7. The van der Waals surface area contributed by atoms with Crippen molar-refractivity contribution in [1.29, 1.82) is 0 Å². The Hall–Kier alpha value is -3.22. The molecule has 1 N–H and O–H groups in total. The summed E-state index contributed by atoms with van der Waals surface area (Å²) in [6.07, 6.45) is 0. The van der Waals surface area contributed by atoms with Crippen LogP contribution in [-0.2, 0) is 16.9 Å². The fourth-order valence-corrected chi connectivity index (χ4v) is 3.14. The van der Waals surface area contributed by atoms with Gasteiger partial charge in [-0.2, -0.15) is 0 Å². The van der Waals surface area contributed by atoms with Gasteiger partial charge in [0, 0.05) is 12.1 Å². The van der Waals surface area contributed by atoms with Crippen LogP contribution in [-0.4, -0.2) is 21.8 Å². The van der Waals surface area contributed by atoms with Crippen LogP contribution >= 0.6 is 0 Å². The van der Waals surface area contributed by atoms with Crippen molar-refractivity contribution in [2.45, 2.75) is 38.8 Å². The lowest BCUT2D eigenvalue weighted by atomic mass is 9.90. The minimum Gasteiger partial charge on any atom is -0.319 e. The summed E-state index contributed by atoms with van der Waals surface area (Å²) in [5.41, 5.74) is 1.35. The highest BCUT2D eigenvalue weighted by Gasteiger charge is 2.48. The van der Waals surface area contributed by atoms with Gasteiger partial charge >= 0.3 is 6.03 Å². The van der Waals surface area contributed by atoms with Crippen molar-refractivity contribution in [3.05, 3.63) is 75.3 Å². The first-order valence-electron chi connectivity index (χ1n) is 8.70. The summed E-state index contributed by atoms with van der Waals surface area (Å²) in [4.78, 5) is 36.8. The number of nitro benzene ring substituents is 1. The number of rotatable bonds is 5. The van der Waals surface area contributed by atoms with E-state index in [1.54, 1.807) is 19.1 Å². The molecule has 0 radical (unpaired) electrons. The number of hydrogen-bond donors (Lipinski definition) is 1. The van der Waals surface area contributed by atoms with Crippen molar-refractivity contribution in [2.75, 3.05) is 0 Å². The maximum atomic E-state index is 13.0. The maximum absolute atomic E-state index is 13.0. The Morgan fingerprint density at radius 3 is 2.19 bits per heavy atom. The summed E-state index contributed by atoms with van der Waals surface area (Å²) < 4.78 is 0. The summed E-state index contributed by atoms with van der Waals surface area (Å²) in [6.45, 7) is 5.92.